The molecule has 1 atom stereocenters. The number of rotatable bonds is 7. The Morgan fingerprint density at radius 1 is 1.28 bits per heavy atom. The molecule has 7 heteroatoms. The normalized spacial score (nSPS) is 12.2. The molecule has 25 heavy (non-hydrogen) atoms. The number of hydrogen-bond acceptors (Lipinski definition) is 4. The van der Waals surface area contributed by atoms with E-state index in [1.54, 1.807) is 33.8 Å². The van der Waals surface area contributed by atoms with E-state index < -0.39 is 17.5 Å². The number of benzene rings is 1. The van der Waals surface area contributed by atoms with Gasteiger partial charge < -0.3 is 20.1 Å². The third kappa shape index (κ3) is 7.87. The summed E-state index contributed by atoms with van der Waals surface area (Å²) in [5.74, 6) is -0.479. The summed E-state index contributed by atoms with van der Waals surface area (Å²) < 4.78 is 23.7. The Morgan fingerprint density at radius 3 is 2.52 bits per heavy atom. The van der Waals surface area contributed by atoms with Crippen LogP contribution in [0.15, 0.2) is 18.2 Å². The molecule has 1 rings (SSSR count). The molecule has 0 saturated heterocycles. The Balaban J connectivity index is 2.34. The Bertz CT molecular complexity index is 599. The molecule has 0 aliphatic heterocycles. The lowest BCUT2D eigenvalue weighted by atomic mass is 10.1. The molecule has 6 nitrogen and oxygen atoms in total. The molecular weight excluding hydrogens is 327 g/mol. The summed E-state index contributed by atoms with van der Waals surface area (Å²) in [5, 5.41) is 5.39. The maximum atomic E-state index is 13.7. The number of carbonyl (C=O) groups excluding carboxylic acids is 2. The molecule has 0 radical (unpaired) electrons. The highest BCUT2D eigenvalue weighted by Crippen LogP contribution is 2.21. The lowest BCUT2D eigenvalue weighted by Crippen LogP contribution is -2.33. The Morgan fingerprint density at radius 2 is 1.96 bits per heavy atom. The second-order valence-electron chi connectivity index (χ2n) is 6.72. The molecule has 140 valence electrons. The van der Waals surface area contributed by atoms with Crippen molar-refractivity contribution in [3.63, 3.8) is 0 Å². The topological polar surface area (TPSA) is 76.7 Å². The summed E-state index contributed by atoms with van der Waals surface area (Å²) in [5.41, 5.74) is 0.100. The molecule has 0 bridgehead atoms. The van der Waals surface area contributed by atoms with Crippen molar-refractivity contribution in [3.8, 4) is 5.75 Å². The van der Waals surface area contributed by atoms with Gasteiger partial charge in [0.15, 0.2) is 11.6 Å². The molecule has 0 aromatic heterocycles. The number of hydrogen-bond donors (Lipinski definition) is 2. The third-order valence-corrected chi connectivity index (χ3v) is 3.30. The van der Waals surface area contributed by atoms with Crippen molar-refractivity contribution >= 4 is 12.0 Å². The number of methoxy groups -OCH3 is 1. The molecule has 0 heterocycles. The maximum Gasteiger partial charge on any atom is 0.407 e. The molecule has 1 aromatic rings. The highest BCUT2D eigenvalue weighted by atomic mass is 19.1. The van der Waals surface area contributed by atoms with Crippen molar-refractivity contribution in [1.29, 1.82) is 0 Å². The van der Waals surface area contributed by atoms with Crippen molar-refractivity contribution < 1.29 is 23.5 Å². The van der Waals surface area contributed by atoms with Gasteiger partial charge in [0.1, 0.15) is 5.60 Å². The highest BCUT2D eigenvalue weighted by molar-refractivity contribution is 5.76. The van der Waals surface area contributed by atoms with E-state index in [1.807, 2.05) is 0 Å². The number of nitrogens with one attached hydrogen (secondary N) is 2. The largest absolute Gasteiger partial charge is 0.494 e. The standard InChI is InChI=1S/C18H27FN2O4/c1-12(13-8-9-15(24-5)14(19)11-13)21-16(22)7-6-10-20-17(23)25-18(2,3)4/h8-9,11-12H,6-7,10H2,1-5H3,(H,20,23)(H,21,22)/t12-/m1/s1. The van der Waals surface area contributed by atoms with Gasteiger partial charge in [0, 0.05) is 13.0 Å². The van der Waals surface area contributed by atoms with E-state index in [1.165, 1.54) is 19.2 Å². The first-order valence-electron chi connectivity index (χ1n) is 8.22. The van der Waals surface area contributed by atoms with Crippen LogP contribution in [0.2, 0.25) is 0 Å². The van der Waals surface area contributed by atoms with Crippen molar-refractivity contribution in [2.24, 2.45) is 0 Å². The average molecular weight is 354 g/mol. The van der Waals surface area contributed by atoms with Gasteiger partial charge in [-0.25, -0.2) is 9.18 Å². The molecule has 2 amide bonds. The van der Waals surface area contributed by atoms with E-state index in [4.69, 9.17) is 9.47 Å². The van der Waals surface area contributed by atoms with E-state index in [0.717, 1.165) is 0 Å². The van der Waals surface area contributed by atoms with Crippen molar-refractivity contribution in [2.75, 3.05) is 13.7 Å². The monoisotopic (exact) mass is 354 g/mol. The van der Waals surface area contributed by atoms with Crippen LogP contribution in [-0.4, -0.2) is 31.3 Å². The van der Waals surface area contributed by atoms with Crippen LogP contribution in [0, 0.1) is 5.82 Å². The van der Waals surface area contributed by atoms with Crippen LogP contribution in [0.4, 0.5) is 9.18 Å². The smallest absolute Gasteiger partial charge is 0.407 e. The van der Waals surface area contributed by atoms with Gasteiger partial charge in [-0.2, -0.15) is 0 Å². The minimum absolute atomic E-state index is 0.162. The first kappa shape index (κ1) is 20.7. The molecular formula is C18H27FN2O4. The van der Waals surface area contributed by atoms with Crippen LogP contribution in [0.1, 0.15) is 52.1 Å². The van der Waals surface area contributed by atoms with Gasteiger partial charge in [-0.3, -0.25) is 4.79 Å². The fourth-order valence-electron chi connectivity index (χ4n) is 2.10. The second-order valence-corrected chi connectivity index (χ2v) is 6.72. The zero-order valence-electron chi connectivity index (χ0n) is 15.4. The summed E-state index contributed by atoms with van der Waals surface area (Å²) in [7, 11) is 1.40. The summed E-state index contributed by atoms with van der Waals surface area (Å²) in [4.78, 5) is 23.4. The zero-order chi connectivity index (χ0) is 19.0. The van der Waals surface area contributed by atoms with Gasteiger partial charge in [-0.15, -0.1) is 0 Å². The van der Waals surface area contributed by atoms with E-state index in [9.17, 15) is 14.0 Å². The van der Waals surface area contributed by atoms with Gasteiger partial charge in [0.05, 0.1) is 13.2 Å². The minimum atomic E-state index is -0.551. The Labute approximate surface area is 148 Å². The predicted octanol–water partition coefficient (Wildman–Crippen LogP) is 3.32. The first-order chi connectivity index (χ1) is 11.6. The predicted molar refractivity (Wildman–Crippen MR) is 93.0 cm³/mol. The molecule has 0 unspecified atom stereocenters. The van der Waals surface area contributed by atoms with Gasteiger partial charge in [-0.1, -0.05) is 6.07 Å². The number of ether oxygens (including phenoxy) is 2. The zero-order valence-corrected chi connectivity index (χ0v) is 15.4. The average Bonchev–Trinajstić information content (AvgIpc) is 2.49. The van der Waals surface area contributed by atoms with Crippen molar-refractivity contribution in [3.05, 3.63) is 29.6 Å². The SMILES string of the molecule is COc1ccc([C@@H](C)NC(=O)CCCNC(=O)OC(C)(C)C)cc1F. The van der Waals surface area contributed by atoms with Crippen LogP contribution in [0.3, 0.4) is 0 Å². The lowest BCUT2D eigenvalue weighted by Gasteiger charge is -2.19. The summed E-state index contributed by atoms with van der Waals surface area (Å²) in [6.07, 6.45) is 0.225. The van der Waals surface area contributed by atoms with Gasteiger partial charge in [-0.05, 0) is 51.8 Å². The lowest BCUT2D eigenvalue weighted by molar-refractivity contribution is -0.121. The third-order valence-electron chi connectivity index (χ3n) is 3.30. The number of halogens is 1. The first-order valence-corrected chi connectivity index (χ1v) is 8.22. The quantitative estimate of drug-likeness (QED) is 0.737. The number of amides is 2. The van der Waals surface area contributed by atoms with E-state index in [-0.39, 0.29) is 24.1 Å². The molecule has 1 aromatic carbocycles. The molecule has 2 N–H and O–H groups in total. The molecule has 0 saturated carbocycles. The Kier molecular flexibility index (Phi) is 7.67. The second kappa shape index (κ2) is 9.25. The maximum absolute atomic E-state index is 13.7. The van der Waals surface area contributed by atoms with Crippen LogP contribution in [0.25, 0.3) is 0 Å². The summed E-state index contributed by atoms with van der Waals surface area (Å²) >= 11 is 0. The van der Waals surface area contributed by atoms with E-state index in [0.29, 0.717) is 18.5 Å². The molecule has 0 spiro atoms. The number of alkyl carbamates (subject to hydrolysis) is 1. The molecule has 0 aliphatic carbocycles. The van der Waals surface area contributed by atoms with Crippen molar-refractivity contribution in [1.82, 2.24) is 10.6 Å². The highest BCUT2D eigenvalue weighted by Gasteiger charge is 2.16. The van der Waals surface area contributed by atoms with E-state index >= 15 is 0 Å². The van der Waals surface area contributed by atoms with Crippen LogP contribution < -0.4 is 15.4 Å². The fraction of sp³-hybridized carbons (Fsp3) is 0.556. The fourth-order valence-corrected chi connectivity index (χ4v) is 2.10. The van der Waals surface area contributed by atoms with Gasteiger partial charge in [0.2, 0.25) is 5.91 Å². The Hall–Kier alpha value is -2.31. The van der Waals surface area contributed by atoms with Gasteiger partial charge >= 0.3 is 6.09 Å². The van der Waals surface area contributed by atoms with Crippen LogP contribution in [0.5, 0.6) is 5.75 Å². The molecule has 0 aliphatic rings. The minimum Gasteiger partial charge on any atom is -0.494 e. The van der Waals surface area contributed by atoms with Crippen LogP contribution in [-0.2, 0) is 9.53 Å². The van der Waals surface area contributed by atoms with E-state index in [2.05, 4.69) is 10.6 Å². The van der Waals surface area contributed by atoms with Gasteiger partial charge in [0.25, 0.3) is 0 Å². The molecule has 0 fully saturated rings. The summed E-state index contributed by atoms with van der Waals surface area (Å²) in [6.45, 7) is 7.46. The number of carbonyl (C=O) groups is 2. The van der Waals surface area contributed by atoms with Crippen molar-refractivity contribution in [2.45, 2.75) is 52.2 Å². The summed E-state index contributed by atoms with van der Waals surface area (Å²) in [6, 6.07) is 4.25. The van der Waals surface area contributed by atoms with Crippen LogP contribution >= 0.6 is 0 Å².